The number of halogens is 1. The molecule has 1 aromatic rings. The standard InChI is InChI=1S/C19H25FN2O5/c1-19(2,3)27-11-9-15(18(25)26)21-16(23)14-8-10-22(17(14)24)13-6-4-12(20)5-7-13/h4-7,14-15H,8-11H2,1-3H3,(H,21,23)(H,25,26). The van der Waals surface area contributed by atoms with Crippen molar-refractivity contribution in [2.24, 2.45) is 5.92 Å². The molecule has 1 saturated heterocycles. The van der Waals surface area contributed by atoms with Crippen LogP contribution in [0.2, 0.25) is 0 Å². The van der Waals surface area contributed by atoms with Crippen molar-refractivity contribution >= 4 is 23.5 Å². The molecule has 2 N–H and O–H groups in total. The average Bonchev–Trinajstić information content (AvgIpc) is 2.95. The van der Waals surface area contributed by atoms with Crippen LogP contribution in [0.25, 0.3) is 0 Å². The van der Waals surface area contributed by atoms with E-state index in [4.69, 9.17) is 4.74 Å². The summed E-state index contributed by atoms with van der Waals surface area (Å²) in [6, 6.07) is 4.29. The van der Waals surface area contributed by atoms with Crippen LogP contribution in [0.5, 0.6) is 0 Å². The van der Waals surface area contributed by atoms with Crippen LogP contribution in [0.15, 0.2) is 24.3 Å². The predicted octanol–water partition coefficient (Wildman–Crippen LogP) is 1.95. The van der Waals surface area contributed by atoms with Crippen molar-refractivity contribution in [3.63, 3.8) is 0 Å². The van der Waals surface area contributed by atoms with Gasteiger partial charge in [-0.3, -0.25) is 9.59 Å². The Morgan fingerprint density at radius 2 is 1.96 bits per heavy atom. The second-order valence-electron chi connectivity index (χ2n) is 7.46. The quantitative estimate of drug-likeness (QED) is 0.705. The molecule has 0 spiro atoms. The summed E-state index contributed by atoms with van der Waals surface area (Å²) in [6.45, 7) is 6.03. The minimum atomic E-state index is -1.18. The maximum Gasteiger partial charge on any atom is 0.326 e. The molecular formula is C19H25FN2O5. The minimum absolute atomic E-state index is 0.0981. The molecule has 0 aliphatic carbocycles. The normalized spacial score (nSPS) is 18.4. The van der Waals surface area contributed by atoms with Crippen molar-refractivity contribution in [2.45, 2.75) is 45.3 Å². The van der Waals surface area contributed by atoms with E-state index >= 15 is 0 Å². The maximum absolute atomic E-state index is 13.0. The van der Waals surface area contributed by atoms with Gasteiger partial charge in [0, 0.05) is 25.3 Å². The lowest BCUT2D eigenvalue weighted by molar-refractivity contribution is -0.144. The van der Waals surface area contributed by atoms with Gasteiger partial charge in [0.2, 0.25) is 11.8 Å². The second kappa shape index (κ2) is 8.47. The number of nitrogens with one attached hydrogen (secondary N) is 1. The molecule has 1 aliphatic rings. The van der Waals surface area contributed by atoms with Gasteiger partial charge in [-0.05, 0) is 51.5 Å². The molecule has 2 unspecified atom stereocenters. The molecule has 0 aromatic heterocycles. The molecule has 148 valence electrons. The third-order valence-corrected chi connectivity index (χ3v) is 4.22. The van der Waals surface area contributed by atoms with Crippen molar-refractivity contribution in [1.29, 1.82) is 0 Å². The summed E-state index contributed by atoms with van der Waals surface area (Å²) in [6.07, 6.45) is 0.369. The van der Waals surface area contributed by atoms with Crippen LogP contribution in [0, 0.1) is 11.7 Å². The highest BCUT2D eigenvalue weighted by Gasteiger charge is 2.39. The van der Waals surface area contributed by atoms with Gasteiger partial charge in [-0.15, -0.1) is 0 Å². The molecule has 0 bridgehead atoms. The molecule has 1 aromatic carbocycles. The number of carbonyl (C=O) groups excluding carboxylic acids is 2. The lowest BCUT2D eigenvalue weighted by Gasteiger charge is -2.22. The van der Waals surface area contributed by atoms with Crippen LogP contribution >= 0.6 is 0 Å². The summed E-state index contributed by atoms with van der Waals surface area (Å²) in [4.78, 5) is 37.8. The number of aliphatic carboxylic acids is 1. The number of hydrogen-bond acceptors (Lipinski definition) is 4. The zero-order valence-corrected chi connectivity index (χ0v) is 15.7. The molecule has 1 heterocycles. The van der Waals surface area contributed by atoms with Gasteiger partial charge in [-0.2, -0.15) is 0 Å². The molecule has 2 atom stereocenters. The summed E-state index contributed by atoms with van der Waals surface area (Å²) in [5.74, 6) is -3.59. The Kier molecular flexibility index (Phi) is 6.54. The summed E-state index contributed by atoms with van der Waals surface area (Å²) in [5.41, 5.74) is 0.0921. The van der Waals surface area contributed by atoms with Gasteiger partial charge in [0.05, 0.1) is 5.60 Å². The van der Waals surface area contributed by atoms with Crippen molar-refractivity contribution in [3.05, 3.63) is 30.1 Å². The van der Waals surface area contributed by atoms with Gasteiger partial charge < -0.3 is 20.1 Å². The third kappa shape index (κ3) is 5.75. The number of anilines is 1. The van der Waals surface area contributed by atoms with Crippen LogP contribution in [0.3, 0.4) is 0 Å². The molecule has 27 heavy (non-hydrogen) atoms. The Hall–Kier alpha value is -2.48. The molecule has 7 nitrogen and oxygen atoms in total. The largest absolute Gasteiger partial charge is 0.480 e. The lowest BCUT2D eigenvalue weighted by Crippen LogP contribution is -2.46. The monoisotopic (exact) mass is 380 g/mol. The number of benzene rings is 1. The highest BCUT2D eigenvalue weighted by molar-refractivity contribution is 6.10. The topological polar surface area (TPSA) is 95.9 Å². The van der Waals surface area contributed by atoms with Crippen LogP contribution in [-0.4, -0.2) is 47.7 Å². The highest BCUT2D eigenvalue weighted by Crippen LogP contribution is 2.25. The zero-order valence-electron chi connectivity index (χ0n) is 15.7. The fourth-order valence-corrected chi connectivity index (χ4v) is 2.81. The molecular weight excluding hydrogens is 355 g/mol. The Bertz CT molecular complexity index is 699. The van der Waals surface area contributed by atoms with Crippen molar-refractivity contribution in [2.75, 3.05) is 18.1 Å². The number of rotatable bonds is 7. The van der Waals surface area contributed by atoms with E-state index in [2.05, 4.69) is 5.32 Å². The molecule has 1 fully saturated rings. The SMILES string of the molecule is CC(C)(C)OCCC(NC(=O)C1CCN(c2ccc(F)cc2)C1=O)C(=O)O. The number of carbonyl (C=O) groups is 3. The molecule has 2 amide bonds. The van der Waals surface area contributed by atoms with Crippen molar-refractivity contribution < 1.29 is 28.6 Å². The summed E-state index contributed by atoms with van der Waals surface area (Å²) >= 11 is 0. The molecule has 2 rings (SSSR count). The fraction of sp³-hybridized carbons (Fsp3) is 0.526. The Morgan fingerprint density at radius 1 is 1.33 bits per heavy atom. The zero-order chi connectivity index (χ0) is 20.2. The fourth-order valence-electron chi connectivity index (χ4n) is 2.81. The average molecular weight is 380 g/mol. The first kappa shape index (κ1) is 20.8. The Morgan fingerprint density at radius 3 is 2.52 bits per heavy atom. The maximum atomic E-state index is 13.0. The van der Waals surface area contributed by atoms with Crippen molar-refractivity contribution in [1.82, 2.24) is 5.32 Å². The molecule has 0 radical (unpaired) electrons. The number of hydrogen-bond donors (Lipinski definition) is 2. The van der Waals surface area contributed by atoms with E-state index in [9.17, 15) is 23.9 Å². The van der Waals surface area contributed by atoms with Gasteiger partial charge in [-0.1, -0.05) is 0 Å². The molecule has 8 heteroatoms. The van der Waals surface area contributed by atoms with Gasteiger partial charge in [0.15, 0.2) is 0 Å². The first-order chi connectivity index (χ1) is 12.6. The number of ether oxygens (including phenoxy) is 1. The van der Waals surface area contributed by atoms with Gasteiger partial charge in [0.1, 0.15) is 17.8 Å². The molecule has 0 saturated carbocycles. The van der Waals surface area contributed by atoms with Crippen LogP contribution in [0.4, 0.5) is 10.1 Å². The number of carboxylic acid groups (broad SMARTS) is 1. The van der Waals surface area contributed by atoms with E-state index in [1.807, 2.05) is 20.8 Å². The van der Waals surface area contributed by atoms with Gasteiger partial charge in [0.25, 0.3) is 0 Å². The third-order valence-electron chi connectivity index (χ3n) is 4.22. The van der Waals surface area contributed by atoms with E-state index in [1.54, 1.807) is 0 Å². The number of carboxylic acids is 1. The number of amides is 2. The summed E-state index contributed by atoms with van der Waals surface area (Å²) in [5, 5.41) is 11.7. The van der Waals surface area contributed by atoms with E-state index in [-0.39, 0.29) is 19.4 Å². The van der Waals surface area contributed by atoms with Crippen LogP contribution in [-0.2, 0) is 19.1 Å². The summed E-state index contributed by atoms with van der Waals surface area (Å²) in [7, 11) is 0. The second-order valence-corrected chi connectivity index (χ2v) is 7.46. The van der Waals surface area contributed by atoms with Crippen LogP contribution < -0.4 is 10.2 Å². The van der Waals surface area contributed by atoms with E-state index in [0.29, 0.717) is 12.2 Å². The van der Waals surface area contributed by atoms with Gasteiger partial charge >= 0.3 is 5.97 Å². The first-order valence-corrected chi connectivity index (χ1v) is 8.82. The van der Waals surface area contributed by atoms with Crippen molar-refractivity contribution in [3.8, 4) is 0 Å². The van der Waals surface area contributed by atoms with E-state index in [1.165, 1.54) is 29.2 Å². The van der Waals surface area contributed by atoms with Crippen LogP contribution in [0.1, 0.15) is 33.6 Å². The summed E-state index contributed by atoms with van der Waals surface area (Å²) < 4.78 is 18.5. The highest BCUT2D eigenvalue weighted by atomic mass is 19.1. The lowest BCUT2D eigenvalue weighted by atomic mass is 10.1. The minimum Gasteiger partial charge on any atom is -0.480 e. The van der Waals surface area contributed by atoms with E-state index < -0.39 is 41.2 Å². The molecule has 1 aliphatic heterocycles. The Balaban J connectivity index is 1.96. The smallest absolute Gasteiger partial charge is 0.326 e. The predicted molar refractivity (Wildman–Crippen MR) is 96.7 cm³/mol. The van der Waals surface area contributed by atoms with Gasteiger partial charge in [-0.25, -0.2) is 9.18 Å². The first-order valence-electron chi connectivity index (χ1n) is 8.82. The Labute approximate surface area is 157 Å². The number of nitrogens with zero attached hydrogens (tertiary/aromatic N) is 1. The van der Waals surface area contributed by atoms with E-state index in [0.717, 1.165) is 0 Å².